The second kappa shape index (κ2) is 3.53. The predicted molar refractivity (Wildman–Crippen MR) is 50.2 cm³/mol. The van der Waals surface area contributed by atoms with Crippen LogP contribution < -0.4 is 0 Å². The van der Waals surface area contributed by atoms with Gasteiger partial charge in [-0.2, -0.15) is 10.2 Å². The highest BCUT2D eigenvalue weighted by Crippen LogP contribution is 2.32. The molecule has 1 unspecified atom stereocenters. The molecular formula is C9H9N3O2. The number of hydrogen-bond acceptors (Lipinski definition) is 4. The van der Waals surface area contributed by atoms with Crippen LogP contribution in [0.4, 0.5) is 5.69 Å². The molecule has 0 bridgehead atoms. The summed E-state index contributed by atoms with van der Waals surface area (Å²) in [5, 5.41) is 18.5. The van der Waals surface area contributed by atoms with Crippen LogP contribution in [0.2, 0.25) is 0 Å². The Bertz CT molecular complexity index is 389. The van der Waals surface area contributed by atoms with Gasteiger partial charge < -0.3 is 0 Å². The highest BCUT2D eigenvalue weighted by Gasteiger charge is 2.23. The van der Waals surface area contributed by atoms with Crippen molar-refractivity contribution in [3.05, 3.63) is 39.9 Å². The lowest BCUT2D eigenvalue weighted by Crippen LogP contribution is -1.98. The molecule has 1 aromatic carbocycles. The molecule has 0 saturated carbocycles. The molecule has 1 aliphatic heterocycles. The van der Waals surface area contributed by atoms with Crippen molar-refractivity contribution < 1.29 is 4.92 Å². The maximum absolute atomic E-state index is 10.7. The zero-order valence-corrected chi connectivity index (χ0v) is 7.46. The van der Waals surface area contributed by atoms with Crippen LogP contribution in [0.15, 0.2) is 34.5 Å². The molecule has 1 heterocycles. The molecule has 5 heteroatoms. The van der Waals surface area contributed by atoms with Gasteiger partial charge in [0.25, 0.3) is 5.69 Å². The van der Waals surface area contributed by atoms with Gasteiger partial charge in [-0.25, -0.2) is 0 Å². The molecular weight excluding hydrogens is 182 g/mol. The van der Waals surface area contributed by atoms with E-state index in [9.17, 15) is 10.1 Å². The van der Waals surface area contributed by atoms with E-state index >= 15 is 0 Å². The van der Waals surface area contributed by atoms with Crippen LogP contribution in [0.25, 0.3) is 0 Å². The quantitative estimate of drug-likeness (QED) is 0.532. The van der Waals surface area contributed by atoms with Crippen molar-refractivity contribution >= 4 is 5.69 Å². The van der Waals surface area contributed by atoms with Crippen LogP contribution in [0.3, 0.4) is 0 Å². The van der Waals surface area contributed by atoms with Gasteiger partial charge in [0, 0.05) is 6.07 Å². The van der Waals surface area contributed by atoms with Crippen molar-refractivity contribution in [2.75, 3.05) is 6.54 Å². The Hall–Kier alpha value is -1.78. The van der Waals surface area contributed by atoms with Crippen LogP contribution in [0.1, 0.15) is 18.0 Å². The van der Waals surface area contributed by atoms with Gasteiger partial charge >= 0.3 is 0 Å². The van der Waals surface area contributed by atoms with E-state index in [-0.39, 0.29) is 16.7 Å². The second-order valence-electron chi connectivity index (χ2n) is 3.10. The topological polar surface area (TPSA) is 67.9 Å². The van der Waals surface area contributed by atoms with Crippen LogP contribution >= 0.6 is 0 Å². The highest BCUT2D eigenvalue weighted by atomic mass is 16.6. The fraction of sp³-hybridized carbons (Fsp3) is 0.333. The summed E-state index contributed by atoms with van der Waals surface area (Å²) >= 11 is 0. The number of para-hydroxylation sites is 1. The molecule has 1 atom stereocenters. The van der Waals surface area contributed by atoms with E-state index in [4.69, 9.17) is 0 Å². The summed E-state index contributed by atoms with van der Waals surface area (Å²) in [4.78, 5) is 10.3. The number of nitro groups is 1. The van der Waals surface area contributed by atoms with Crippen LogP contribution in [0, 0.1) is 10.1 Å². The Morgan fingerprint density at radius 1 is 1.43 bits per heavy atom. The van der Waals surface area contributed by atoms with Gasteiger partial charge in [0.15, 0.2) is 0 Å². The summed E-state index contributed by atoms with van der Waals surface area (Å²) in [6, 6.07) is 6.57. The van der Waals surface area contributed by atoms with Crippen molar-refractivity contribution in [2.45, 2.75) is 12.5 Å². The third-order valence-corrected chi connectivity index (χ3v) is 2.22. The maximum atomic E-state index is 10.7. The van der Waals surface area contributed by atoms with Crippen LogP contribution in [-0.2, 0) is 0 Å². The zero-order chi connectivity index (χ0) is 9.97. The normalized spacial score (nSPS) is 19.9. The number of rotatable bonds is 2. The lowest BCUT2D eigenvalue weighted by molar-refractivity contribution is -0.385. The van der Waals surface area contributed by atoms with Crippen LogP contribution in [0.5, 0.6) is 0 Å². The molecule has 0 amide bonds. The molecule has 1 aromatic rings. The minimum Gasteiger partial charge on any atom is -0.258 e. The van der Waals surface area contributed by atoms with E-state index in [1.165, 1.54) is 6.07 Å². The third-order valence-electron chi connectivity index (χ3n) is 2.22. The fourth-order valence-corrected chi connectivity index (χ4v) is 1.55. The lowest BCUT2D eigenvalue weighted by atomic mass is 10.0. The molecule has 0 N–H and O–H groups in total. The van der Waals surface area contributed by atoms with Crippen molar-refractivity contribution in [1.29, 1.82) is 0 Å². The van der Waals surface area contributed by atoms with Crippen molar-refractivity contribution in [1.82, 2.24) is 0 Å². The summed E-state index contributed by atoms with van der Waals surface area (Å²) in [5.41, 5.74) is 0.803. The van der Waals surface area contributed by atoms with Gasteiger partial charge in [0.2, 0.25) is 0 Å². The van der Waals surface area contributed by atoms with Gasteiger partial charge in [-0.05, 0) is 12.5 Å². The second-order valence-corrected chi connectivity index (χ2v) is 3.10. The molecule has 0 aromatic heterocycles. The number of benzene rings is 1. The first kappa shape index (κ1) is 8.80. The van der Waals surface area contributed by atoms with E-state index in [1.807, 2.05) is 0 Å². The van der Waals surface area contributed by atoms with Gasteiger partial charge in [-0.15, -0.1) is 0 Å². The molecule has 2 rings (SSSR count). The summed E-state index contributed by atoms with van der Waals surface area (Å²) in [7, 11) is 0. The first-order valence-corrected chi connectivity index (χ1v) is 4.39. The summed E-state index contributed by atoms with van der Waals surface area (Å²) in [6.45, 7) is 0.663. The Kier molecular flexibility index (Phi) is 2.22. The average molecular weight is 191 g/mol. The molecule has 0 aliphatic carbocycles. The van der Waals surface area contributed by atoms with E-state index in [0.717, 1.165) is 6.42 Å². The molecule has 72 valence electrons. The van der Waals surface area contributed by atoms with E-state index in [0.29, 0.717) is 12.1 Å². The summed E-state index contributed by atoms with van der Waals surface area (Å²) in [5.74, 6) is 0. The molecule has 14 heavy (non-hydrogen) atoms. The van der Waals surface area contributed by atoms with Crippen LogP contribution in [-0.4, -0.2) is 11.5 Å². The fourth-order valence-electron chi connectivity index (χ4n) is 1.55. The smallest absolute Gasteiger partial charge is 0.258 e. The Balaban J connectivity index is 2.40. The Morgan fingerprint density at radius 2 is 2.21 bits per heavy atom. The van der Waals surface area contributed by atoms with Gasteiger partial charge in [-0.3, -0.25) is 10.1 Å². The molecule has 0 fully saturated rings. The molecule has 0 radical (unpaired) electrons. The number of azo groups is 1. The summed E-state index contributed by atoms with van der Waals surface area (Å²) in [6.07, 6.45) is 0.769. The maximum Gasteiger partial charge on any atom is 0.274 e. The molecule has 1 aliphatic rings. The molecule has 5 nitrogen and oxygen atoms in total. The average Bonchev–Trinajstić information content (AvgIpc) is 2.70. The first-order valence-electron chi connectivity index (χ1n) is 4.39. The Labute approximate surface area is 80.6 Å². The lowest BCUT2D eigenvalue weighted by Gasteiger charge is -2.05. The standard InChI is InChI=1S/C9H9N3O2/c13-12(14)9-4-2-1-3-7(9)8-5-6-10-11-8/h1-4,8H,5-6H2. The van der Waals surface area contributed by atoms with E-state index in [2.05, 4.69) is 10.2 Å². The van der Waals surface area contributed by atoms with Gasteiger partial charge in [0.05, 0.1) is 17.0 Å². The minimum absolute atomic E-state index is 0.128. The minimum atomic E-state index is -0.372. The number of nitrogens with zero attached hydrogens (tertiary/aromatic N) is 3. The Morgan fingerprint density at radius 3 is 2.86 bits per heavy atom. The monoisotopic (exact) mass is 191 g/mol. The number of hydrogen-bond donors (Lipinski definition) is 0. The predicted octanol–water partition coefficient (Wildman–Crippen LogP) is 2.49. The van der Waals surface area contributed by atoms with Gasteiger partial charge in [-0.1, -0.05) is 12.1 Å². The van der Waals surface area contributed by atoms with E-state index < -0.39 is 0 Å². The highest BCUT2D eigenvalue weighted by molar-refractivity contribution is 5.42. The van der Waals surface area contributed by atoms with E-state index in [1.54, 1.807) is 18.2 Å². The van der Waals surface area contributed by atoms with Crippen molar-refractivity contribution in [3.63, 3.8) is 0 Å². The summed E-state index contributed by atoms with van der Waals surface area (Å²) < 4.78 is 0. The first-order chi connectivity index (χ1) is 6.79. The number of nitro benzene ring substituents is 1. The molecule has 0 saturated heterocycles. The van der Waals surface area contributed by atoms with Crippen molar-refractivity contribution in [2.24, 2.45) is 10.2 Å². The molecule has 0 spiro atoms. The largest absolute Gasteiger partial charge is 0.274 e. The third kappa shape index (κ3) is 1.48. The zero-order valence-electron chi connectivity index (χ0n) is 7.46. The van der Waals surface area contributed by atoms with Gasteiger partial charge in [0.1, 0.15) is 6.04 Å². The van der Waals surface area contributed by atoms with Crippen molar-refractivity contribution in [3.8, 4) is 0 Å². The SMILES string of the molecule is O=[N+]([O-])c1ccccc1C1CCN=N1.